The van der Waals surface area contributed by atoms with E-state index in [-0.39, 0.29) is 30.5 Å². The third kappa shape index (κ3) is 7.01. The van der Waals surface area contributed by atoms with Crippen LogP contribution >= 0.6 is 0 Å². The maximum Gasteiger partial charge on any atom is 0.331 e. The minimum Gasteiger partial charge on any atom is -0.486 e. The van der Waals surface area contributed by atoms with Gasteiger partial charge < -0.3 is 24.6 Å². The van der Waals surface area contributed by atoms with E-state index in [1.165, 1.54) is 19.0 Å². The number of fused-ring (bicyclic) bond motifs is 3. The summed E-state index contributed by atoms with van der Waals surface area (Å²) >= 11 is 0. The zero-order valence-corrected chi connectivity index (χ0v) is 27.4. The van der Waals surface area contributed by atoms with Crippen molar-refractivity contribution < 1.29 is 23.9 Å². The number of likely N-dealkylation sites (tertiary alicyclic amines) is 1. The van der Waals surface area contributed by atoms with Gasteiger partial charge in [-0.1, -0.05) is 24.3 Å². The number of hydrogen-bond donors (Lipinski definition) is 1. The van der Waals surface area contributed by atoms with Crippen LogP contribution in [0.15, 0.2) is 64.2 Å². The number of amides is 3. The average molecular weight is 659 g/mol. The molecule has 48 heavy (non-hydrogen) atoms. The standard InChI is InChI=1S/C35H42N6O7/c1-37-28(21-31(42)38(2)35(37)46)34(45)41-23-26-20-27(41)32(43)36-13-6-7-14-39(22-24-11-12-29-30(19-24)48-18-17-47-29)15-8-16-40(26)33(44)25-9-4-3-5-10-25/h3-5,9-12,19,21,26-27H,6-8,13-18,20,22-23H2,1-2H3,(H,36,43)/t26-,27-/m0/s1. The van der Waals surface area contributed by atoms with Crippen LogP contribution in [-0.2, 0) is 25.4 Å². The molecule has 2 fully saturated rings. The highest BCUT2D eigenvalue weighted by Gasteiger charge is 2.44. The number of ether oxygens (including phenoxy) is 2. The molecule has 3 aliphatic rings. The number of nitrogens with one attached hydrogen (secondary N) is 1. The van der Waals surface area contributed by atoms with Gasteiger partial charge in [0.15, 0.2) is 11.5 Å². The monoisotopic (exact) mass is 658 g/mol. The molecule has 1 aromatic heterocycles. The normalized spacial score (nSPS) is 20.6. The predicted molar refractivity (Wildman–Crippen MR) is 177 cm³/mol. The summed E-state index contributed by atoms with van der Waals surface area (Å²) in [5.41, 5.74) is 0.270. The van der Waals surface area contributed by atoms with Crippen molar-refractivity contribution in [2.24, 2.45) is 14.1 Å². The van der Waals surface area contributed by atoms with Gasteiger partial charge in [0.25, 0.3) is 17.4 Å². The molecule has 13 nitrogen and oxygen atoms in total. The molecule has 0 spiro atoms. The zero-order chi connectivity index (χ0) is 33.8. The lowest BCUT2D eigenvalue weighted by Crippen LogP contribution is -2.48. The maximum atomic E-state index is 14.0. The smallest absolute Gasteiger partial charge is 0.331 e. The summed E-state index contributed by atoms with van der Waals surface area (Å²) in [4.78, 5) is 72.4. The van der Waals surface area contributed by atoms with Crippen LogP contribution in [0.2, 0.25) is 0 Å². The van der Waals surface area contributed by atoms with Gasteiger partial charge in [0, 0.05) is 58.4 Å². The molecule has 0 radical (unpaired) electrons. The topological polar surface area (TPSA) is 135 Å². The molecular weight excluding hydrogens is 616 g/mol. The van der Waals surface area contributed by atoms with Crippen molar-refractivity contribution >= 4 is 17.7 Å². The highest BCUT2D eigenvalue weighted by molar-refractivity contribution is 5.98. The molecule has 1 N–H and O–H groups in total. The maximum absolute atomic E-state index is 14.0. The predicted octanol–water partition coefficient (Wildman–Crippen LogP) is 1.38. The third-order valence-electron chi connectivity index (χ3n) is 9.40. The molecule has 3 aromatic rings. The van der Waals surface area contributed by atoms with E-state index in [9.17, 15) is 24.0 Å². The Morgan fingerprint density at radius 3 is 2.35 bits per heavy atom. The highest BCUT2D eigenvalue weighted by atomic mass is 16.6. The zero-order valence-electron chi connectivity index (χ0n) is 27.4. The molecule has 2 saturated heterocycles. The summed E-state index contributed by atoms with van der Waals surface area (Å²) in [6.45, 7) is 4.20. The first-order valence-corrected chi connectivity index (χ1v) is 16.5. The van der Waals surface area contributed by atoms with Gasteiger partial charge >= 0.3 is 5.69 Å². The first-order valence-electron chi connectivity index (χ1n) is 16.5. The number of aromatic nitrogens is 2. The Morgan fingerprint density at radius 2 is 1.56 bits per heavy atom. The van der Waals surface area contributed by atoms with E-state index in [4.69, 9.17) is 9.47 Å². The Bertz CT molecular complexity index is 1790. The fourth-order valence-corrected chi connectivity index (χ4v) is 6.76. The molecule has 254 valence electrons. The Balaban J connectivity index is 1.27. The van der Waals surface area contributed by atoms with E-state index in [1.807, 2.05) is 36.4 Å². The van der Waals surface area contributed by atoms with E-state index in [1.54, 1.807) is 17.0 Å². The van der Waals surface area contributed by atoms with Crippen LogP contribution in [0.4, 0.5) is 0 Å². The number of carbonyl (C=O) groups is 3. The molecule has 2 atom stereocenters. The quantitative estimate of drug-likeness (QED) is 0.445. The SMILES string of the molecule is Cn1c(C(=O)N2C[C@@H]3C[C@H]2C(=O)NCCCCN(Cc2ccc4c(c2)OCCO4)CCCN3C(=O)c2ccccc2)cc(=O)n(C)c1=O. The molecule has 3 aliphatic heterocycles. The van der Waals surface area contributed by atoms with Crippen molar-refractivity contribution in [1.29, 1.82) is 0 Å². The second-order valence-corrected chi connectivity index (χ2v) is 12.6. The van der Waals surface area contributed by atoms with Crippen molar-refractivity contribution in [2.45, 2.75) is 44.3 Å². The third-order valence-corrected chi connectivity index (χ3v) is 9.40. The Labute approximate surface area is 278 Å². The van der Waals surface area contributed by atoms with Crippen LogP contribution in [0.25, 0.3) is 0 Å². The fourth-order valence-electron chi connectivity index (χ4n) is 6.76. The van der Waals surface area contributed by atoms with Crippen LogP contribution in [-0.4, -0.2) is 99.6 Å². The van der Waals surface area contributed by atoms with E-state index in [2.05, 4.69) is 10.2 Å². The van der Waals surface area contributed by atoms with Gasteiger partial charge in [0.2, 0.25) is 5.91 Å². The minimum absolute atomic E-state index is 0.0831. The molecule has 2 bridgehead atoms. The Kier molecular flexibility index (Phi) is 9.95. The Morgan fingerprint density at radius 1 is 0.812 bits per heavy atom. The van der Waals surface area contributed by atoms with Crippen molar-refractivity contribution in [3.8, 4) is 11.5 Å². The van der Waals surface area contributed by atoms with Crippen molar-refractivity contribution in [1.82, 2.24) is 29.2 Å². The van der Waals surface area contributed by atoms with Gasteiger partial charge in [-0.15, -0.1) is 0 Å². The number of hydrogen-bond acceptors (Lipinski definition) is 8. The van der Waals surface area contributed by atoms with Crippen LogP contribution in [0.3, 0.4) is 0 Å². The number of benzene rings is 2. The summed E-state index contributed by atoms with van der Waals surface area (Å²) in [5, 5.41) is 3.00. The van der Waals surface area contributed by atoms with Gasteiger partial charge in [-0.3, -0.25) is 33.2 Å². The summed E-state index contributed by atoms with van der Waals surface area (Å²) in [6.07, 6.45) is 2.49. The largest absolute Gasteiger partial charge is 0.486 e. The number of rotatable bonds is 4. The summed E-state index contributed by atoms with van der Waals surface area (Å²) in [7, 11) is 2.77. The second kappa shape index (κ2) is 14.5. The first-order chi connectivity index (χ1) is 23.2. The molecule has 6 rings (SSSR count). The number of carbonyl (C=O) groups excluding carboxylic acids is 3. The lowest BCUT2D eigenvalue weighted by Gasteiger charge is -2.31. The fraction of sp³-hybridized carbons (Fsp3) is 0.457. The van der Waals surface area contributed by atoms with E-state index >= 15 is 0 Å². The molecule has 3 amide bonds. The minimum atomic E-state index is -0.873. The molecule has 2 aromatic carbocycles. The van der Waals surface area contributed by atoms with E-state index < -0.39 is 29.2 Å². The summed E-state index contributed by atoms with van der Waals surface area (Å²) < 4.78 is 13.5. The molecule has 0 unspecified atom stereocenters. The van der Waals surface area contributed by atoms with Gasteiger partial charge in [0.1, 0.15) is 24.9 Å². The van der Waals surface area contributed by atoms with Crippen molar-refractivity contribution in [3.05, 3.63) is 92.3 Å². The second-order valence-electron chi connectivity index (χ2n) is 12.6. The van der Waals surface area contributed by atoms with Crippen molar-refractivity contribution in [3.63, 3.8) is 0 Å². The van der Waals surface area contributed by atoms with Crippen LogP contribution < -0.4 is 26.0 Å². The van der Waals surface area contributed by atoms with Gasteiger partial charge in [-0.2, -0.15) is 0 Å². The lowest BCUT2D eigenvalue weighted by molar-refractivity contribution is -0.124. The molecule has 4 heterocycles. The highest BCUT2D eigenvalue weighted by Crippen LogP contribution is 2.31. The van der Waals surface area contributed by atoms with Crippen LogP contribution in [0.5, 0.6) is 11.5 Å². The molecule has 13 heteroatoms. The van der Waals surface area contributed by atoms with Crippen LogP contribution in [0, 0.1) is 0 Å². The first kappa shape index (κ1) is 33.0. The lowest BCUT2D eigenvalue weighted by atomic mass is 10.1. The summed E-state index contributed by atoms with van der Waals surface area (Å²) in [6, 6.07) is 14.8. The van der Waals surface area contributed by atoms with Gasteiger partial charge in [-0.05, 0) is 62.1 Å². The number of nitrogens with zero attached hydrogens (tertiary/aromatic N) is 5. The van der Waals surface area contributed by atoms with Crippen LogP contribution in [0.1, 0.15) is 52.1 Å². The average Bonchev–Trinajstić information content (AvgIpc) is 3.55. The molecule has 0 saturated carbocycles. The molecule has 0 aliphatic carbocycles. The van der Waals surface area contributed by atoms with Crippen molar-refractivity contribution in [2.75, 3.05) is 45.9 Å². The van der Waals surface area contributed by atoms with E-state index in [0.29, 0.717) is 44.8 Å². The van der Waals surface area contributed by atoms with E-state index in [0.717, 1.165) is 58.2 Å². The summed E-state index contributed by atoms with van der Waals surface area (Å²) in [5.74, 6) is 0.389. The van der Waals surface area contributed by atoms with Gasteiger partial charge in [-0.25, -0.2) is 4.79 Å². The van der Waals surface area contributed by atoms with Gasteiger partial charge in [0.05, 0.1) is 6.04 Å². The Hall–Kier alpha value is -4.91. The molecular formula is C35H42N6O7.